The van der Waals surface area contributed by atoms with E-state index in [0.717, 1.165) is 18.5 Å². The van der Waals surface area contributed by atoms with Crippen LogP contribution in [0.1, 0.15) is 52.6 Å². The minimum Gasteiger partial charge on any atom is -0.487 e. The highest BCUT2D eigenvalue weighted by Crippen LogP contribution is 2.30. The number of nitrogens with one attached hydrogen (secondary N) is 1. The maximum absolute atomic E-state index is 14.0. The summed E-state index contributed by atoms with van der Waals surface area (Å²) in [5.41, 5.74) is 0.890. The Hall–Kier alpha value is -1.09. The van der Waals surface area contributed by atoms with E-state index in [1.165, 1.54) is 6.07 Å². The number of hydrogen-bond donors (Lipinski definition) is 1. The van der Waals surface area contributed by atoms with Crippen molar-refractivity contribution in [3.8, 4) is 5.75 Å². The molecule has 1 aromatic rings. The van der Waals surface area contributed by atoms with Gasteiger partial charge in [-0.05, 0) is 38.8 Å². The molecule has 0 aromatic heterocycles. The third-order valence-electron chi connectivity index (χ3n) is 3.41. The van der Waals surface area contributed by atoms with Crippen molar-refractivity contribution < 1.29 is 9.13 Å². The van der Waals surface area contributed by atoms with Crippen molar-refractivity contribution in [1.82, 2.24) is 5.32 Å². The van der Waals surface area contributed by atoms with Crippen molar-refractivity contribution in [3.63, 3.8) is 0 Å². The van der Waals surface area contributed by atoms with Gasteiger partial charge in [-0.1, -0.05) is 32.9 Å². The summed E-state index contributed by atoms with van der Waals surface area (Å²) in [5, 5.41) is 3.37. The first-order chi connectivity index (χ1) is 8.97. The van der Waals surface area contributed by atoms with Crippen molar-refractivity contribution in [3.05, 3.63) is 29.6 Å². The highest BCUT2D eigenvalue weighted by atomic mass is 19.1. The molecule has 0 saturated heterocycles. The molecule has 0 spiro atoms. The van der Waals surface area contributed by atoms with E-state index < -0.39 is 0 Å². The predicted molar refractivity (Wildman–Crippen MR) is 78.0 cm³/mol. The second-order valence-corrected chi connectivity index (χ2v) is 5.40. The zero-order chi connectivity index (χ0) is 14.4. The fourth-order valence-corrected chi connectivity index (χ4v) is 1.78. The van der Waals surface area contributed by atoms with Gasteiger partial charge in [-0.25, -0.2) is 4.39 Å². The molecule has 108 valence electrons. The van der Waals surface area contributed by atoms with Crippen LogP contribution < -0.4 is 10.1 Å². The minimum absolute atomic E-state index is 0.00553. The van der Waals surface area contributed by atoms with E-state index in [1.54, 1.807) is 6.07 Å². The lowest BCUT2D eigenvalue weighted by atomic mass is 10.1. The maximum Gasteiger partial charge on any atom is 0.165 e. The van der Waals surface area contributed by atoms with Crippen LogP contribution >= 0.6 is 0 Å². The van der Waals surface area contributed by atoms with Gasteiger partial charge in [0, 0.05) is 11.6 Å². The quantitative estimate of drug-likeness (QED) is 0.795. The van der Waals surface area contributed by atoms with Crippen molar-refractivity contribution in [2.24, 2.45) is 5.92 Å². The molecule has 0 amide bonds. The van der Waals surface area contributed by atoms with Crippen LogP contribution in [0.25, 0.3) is 0 Å². The first kappa shape index (κ1) is 16.0. The fraction of sp³-hybridized carbons (Fsp3) is 0.625. The van der Waals surface area contributed by atoms with Gasteiger partial charge in [-0.3, -0.25) is 0 Å². The normalized spacial score (nSPS) is 14.5. The topological polar surface area (TPSA) is 21.3 Å². The lowest BCUT2D eigenvalue weighted by molar-refractivity contribution is 0.160. The minimum atomic E-state index is -0.282. The summed E-state index contributed by atoms with van der Waals surface area (Å²) in [7, 11) is 0. The van der Waals surface area contributed by atoms with E-state index in [2.05, 4.69) is 26.1 Å². The molecular formula is C16H26FNO. The fourth-order valence-electron chi connectivity index (χ4n) is 1.78. The second kappa shape index (κ2) is 7.49. The van der Waals surface area contributed by atoms with Crippen molar-refractivity contribution in [2.45, 2.75) is 53.2 Å². The Kier molecular flexibility index (Phi) is 6.29. The van der Waals surface area contributed by atoms with Crippen LogP contribution in [-0.2, 0) is 0 Å². The van der Waals surface area contributed by atoms with Crippen molar-refractivity contribution >= 4 is 0 Å². The third kappa shape index (κ3) is 4.50. The molecular weight excluding hydrogens is 241 g/mol. The Morgan fingerprint density at radius 1 is 1.21 bits per heavy atom. The van der Waals surface area contributed by atoms with E-state index >= 15 is 0 Å². The number of hydrogen-bond acceptors (Lipinski definition) is 2. The average Bonchev–Trinajstić information content (AvgIpc) is 2.37. The molecule has 0 radical (unpaired) electrons. The van der Waals surface area contributed by atoms with Crippen LogP contribution in [0.5, 0.6) is 5.75 Å². The summed E-state index contributed by atoms with van der Waals surface area (Å²) in [6, 6.07) is 5.21. The molecule has 1 N–H and O–H groups in total. The molecule has 1 aromatic carbocycles. The largest absolute Gasteiger partial charge is 0.487 e. The smallest absolute Gasteiger partial charge is 0.165 e. The summed E-state index contributed by atoms with van der Waals surface area (Å²) in [6.45, 7) is 11.2. The Balaban J connectivity index is 2.94. The summed E-state index contributed by atoms with van der Waals surface area (Å²) in [6.07, 6.45) is 1.05. The Morgan fingerprint density at radius 3 is 2.47 bits per heavy atom. The van der Waals surface area contributed by atoms with Crippen LogP contribution in [-0.4, -0.2) is 12.6 Å². The van der Waals surface area contributed by atoms with E-state index in [-0.39, 0.29) is 18.0 Å². The molecule has 0 saturated carbocycles. The molecule has 2 atom stereocenters. The molecule has 3 heteroatoms. The molecule has 19 heavy (non-hydrogen) atoms. The van der Waals surface area contributed by atoms with Gasteiger partial charge in [0.25, 0.3) is 0 Å². The monoisotopic (exact) mass is 267 g/mol. The van der Waals surface area contributed by atoms with Gasteiger partial charge < -0.3 is 10.1 Å². The average molecular weight is 267 g/mol. The van der Waals surface area contributed by atoms with Gasteiger partial charge in [-0.15, -0.1) is 0 Å². The van der Waals surface area contributed by atoms with Gasteiger partial charge in [0.2, 0.25) is 0 Å². The molecule has 0 aliphatic carbocycles. The first-order valence-corrected chi connectivity index (χ1v) is 7.15. The Morgan fingerprint density at radius 2 is 1.89 bits per heavy atom. The Labute approximate surface area is 116 Å². The van der Waals surface area contributed by atoms with Crippen molar-refractivity contribution in [1.29, 1.82) is 0 Å². The van der Waals surface area contributed by atoms with E-state index in [9.17, 15) is 4.39 Å². The highest BCUT2D eigenvalue weighted by Gasteiger charge is 2.18. The van der Waals surface area contributed by atoms with E-state index in [4.69, 9.17) is 4.74 Å². The number of para-hydroxylation sites is 1. The summed E-state index contributed by atoms with van der Waals surface area (Å²) >= 11 is 0. The lowest BCUT2D eigenvalue weighted by Crippen LogP contribution is -2.23. The number of rotatable bonds is 7. The standard InChI is InChI=1S/C16H26FNO/c1-6-10-18-12(4)14-8-7-9-15(17)16(14)19-13(5)11(2)3/h7-9,11-13,18H,6,10H2,1-5H3. The highest BCUT2D eigenvalue weighted by molar-refractivity contribution is 5.37. The molecule has 0 heterocycles. The zero-order valence-electron chi connectivity index (χ0n) is 12.7. The zero-order valence-corrected chi connectivity index (χ0v) is 12.7. The van der Waals surface area contributed by atoms with Gasteiger partial charge in [0.15, 0.2) is 11.6 Å². The van der Waals surface area contributed by atoms with E-state index in [0.29, 0.717) is 11.7 Å². The summed E-state index contributed by atoms with van der Waals surface area (Å²) < 4.78 is 19.8. The second-order valence-electron chi connectivity index (χ2n) is 5.40. The SMILES string of the molecule is CCCNC(C)c1cccc(F)c1OC(C)C(C)C. The first-order valence-electron chi connectivity index (χ1n) is 7.15. The van der Waals surface area contributed by atoms with Gasteiger partial charge in [0.05, 0.1) is 6.10 Å². The number of benzene rings is 1. The van der Waals surface area contributed by atoms with Gasteiger partial charge >= 0.3 is 0 Å². The van der Waals surface area contributed by atoms with Crippen LogP contribution in [0.4, 0.5) is 4.39 Å². The molecule has 0 aliphatic rings. The molecule has 0 aliphatic heterocycles. The van der Waals surface area contributed by atoms with Crippen LogP contribution in [0, 0.1) is 11.7 Å². The maximum atomic E-state index is 14.0. The summed E-state index contributed by atoms with van der Waals surface area (Å²) in [4.78, 5) is 0. The Bertz CT molecular complexity index is 392. The molecule has 2 unspecified atom stereocenters. The molecule has 0 bridgehead atoms. The lowest BCUT2D eigenvalue weighted by Gasteiger charge is -2.23. The molecule has 0 fully saturated rings. The third-order valence-corrected chi connectivity index (χ3v) is 3.41. The predicted octanol–water partition coefficient (Wildman–Crippen LogP) is 4.31. The number of halogens is 1. The number of ether oxygens (including phenoxy) is 1. The molecule has 2 nitrogen and oxygen atoms in total. The van der Waals surface area contributed by atoms with Crippen molar-refractivity contribution in [2.75, 3.05) is 6.54 Å². The summed E-state index contributed by atoms with van der Waals surface area (Å²) in [5.74, 6) is 0.460. The van der Waals surface area contributed by atoms with Crippen LogP contribution in [0.3, 0.4) is 0 Å². The van der Waals surface area contributed by atoms with Gasteiger partial charge in [-0.2, -0.15) is 0 Å². The van der Waals surface area contributed by atoms with Crippen LogP contribution in [0.2, 0.25) is 0 Å². The van der Waals surface area contributed by atoms with Gasteiger partial charge in [0.1, 0.15) is 0 Å². The van der Waals surface area contributed by atoms with E-state index in [1.807, 2.05) is 19.9 Å². The van der Waals surface area contributed by atoms with Crippen LogP contribution in [0.15, 0.2) is 18.2 Å². The molecule has 1 rings (SSSR count).